The molecule has 0 aliphatic carbocycles. The molecule has 0 aromatic carbocycles. The van der Waals surface area contributed by atoms with Crippen molar-refractivity contribution in [2.45, 2.75) is 207 Å². The highest BCUT2D eigenvalue weighted by atomic mass is 16.6. The van der Waals surface area contributed by atoms with E-state index >= 15 is 0 Å². The quantitative estimate of drug-likeness (QED) is 0.0346. The minimum atomic E-state index is -0.602. The summed E-state index contributed by atoms with van der Waals surface area (Å²) < 4.78 is 17.3. The van der Waals surface area contributed by atoms with E-state index in [4.69, 9.17) is 14.2 Å². The van der Waals surface area contributed by atoms with Crippen molar-refractivity contribution in [3.05, 3.63) is 158 Å². The molecule has 68 heavy (non-hydrogen) atoms. The highest BCUT2D eigenvalue weighted by Crippen LogP contribution is 2.12. The fourth-order valence-corrected chi connectivity index (χ4v) is 6.66. The summed E-state index contributed by atoms with van der Waals surface area (Å²) in [5, 5.41) is 0. The number of allylic oxidation sites excluding steroid dienone is 26. The van der Waals surface area contributed by atoms with Crippen molar-refractivity contribution in [3.63, 3.8) is 0 Å². The van der Waals surface area contributed by atoms with Gasteiger partial charge < -0.3 is 14.2 Å². The summed E-state index contributed by atoms with van der Waals surface area (Å²) in [7, 11) is 0. The number of esters is 2. The van der Waals surface area contributed by atoms with Crippen LogP contribution in [0, 0.1) is 0 Å². The summed E-state index contributed by atoms with van der Waals surface area (Å²) >= 11 is 0. The zero-order valence-electron chi connectivity index (χ0n) is 43.6. The topological polar surface area (TPSA) is 61.8 Å². The van der Waals surface area contributed by atoms with Gasteiger partial charge in [-0.3, -0.25) is 9.59 Å². The van der Waals surface area contributed by atoms with Crippen LogP contribution in [-0.4, -0.2) is 37.9 Å². The summed E-state index contributed by atoms with van der Waals surface area (Å²) in [6.45, 7) is 7.30. The van der Waals surface area contributed by atoms with E-state index in [1.807, 2.05) is 6.08 Å². The molecule has 0 saturated heterocycles. The lowest BCUT2D eigenvalue weighted by molar-refractivity contribution is -0.162. The summed E-state index contributed by atoms with van der Waals surface area (Å²) in [6.07, 6.45) is 84.1. The molecule has 0 spiro atoms. The van der Waals surface area contributed by atoms with E-state index in [-0.39, 0.29) is 31.6 Å². The summed E-state index contributed by atoms with van der Waals surface area (Å²) in [5.74, 6) is -0.537. The lowest BCUT2D eigenvalue weighted by Crippen LogP contribution is -2.30. The van der Waals surface area contributed by atoms with Crippen molar-refractivity contribution in [1.82, 2.24) is 0 Å². The Morgan fingerprint density at radius 2 is 0.647 bits per heavy atom. The number of rotatable bonds is 47. The van der Waals surface area contributed by atoms with Gasteiger partial charge in [-0.2, -0.15) is 0 Å². The zero-order chi connectivity index (χ0) is 49.2. The molecule has 0 heterocycles. The first-order chi connectivity index (χ1) is 33.6. The van der Waals surface area contributed by atoms with E-state index in [2.05, 4.69) is 173 Å². The van der Waals surface area contributed by atoms with Crippen LogP contribution in [0.1, 0.15) is 201 Å². The molecule has 0 aliphatic rings. The van der Waals surface area contributed by atoms with Crippen LogP contribution in [0.4, 0.5) is 0 Å². The maximum absolute atomic E-state index is 12.8. The lowest BCUT2D eigenvalue weighted by atomic mass is 10.1. The second kappa shape index (κ2) is 56.8. The van der Waals surface area contributed by atoms with Crippen LogP contribution in [0.25, 0.3) is 0 Å². The van der Waals surface area contributed by atoms with Gasteiger partial charge in [-0.15, -0.1) is 0 Å². The minimum absolute atomic E-state index is 0.0166. The Morgan fingerprint density at radius 3 is 1.04 bits per heavy atom. The molecule has 5 heteroatoms. The predicted octanol–water partition coefficient (Wildman–Crippen LogP) is 18.7. The van der Waals surface area contributed by atoms with Gasteiger partial charge in [-0.05, 0) is 128 Å². The number of carbonyl (C=O) groups is 2. The Bertz CT molecular complexity index is 1520. The number of ether oxygens (including phenoxy) is 3. The third-order valence-corrected chi connectivity index (χ3v) is 10.6. The number of unbranched alkanes of at least 4 members (excludes halogenated alkanes) is 10. The Labute approximate surface area is 418 Å². The molecule has 0 radical (unpaired) electrons. The van der Waals surface area contributed by atoms with Crippen LogP contribution in [0.5, 0.6) is 0 Å². The van der Waals surface area contributed by atoms with Gasteiger partial charge in [0.25, 0.3) is 0 Å². The van der Waals surface area contributed by atoms with E-state index in [0.29, 0.717) is 19.4 Å². The first-order valence-corrected chi connectivity index (χ1v) is 27.0. The van der Waals surface area contributed by atoms with Crippen molar-refractivity contribution in [1.29, 1.82) is 0 Å². The number of hydrogen-bond donors (Lipinski definition) is 0. The fourth-order valence-electron chi connectivity index (χ4n) is 6.66. The normalized spacial score (nSPS) is 13.5. The van der Waals surface area contributed by atoms with Crippen LogP contribution in [0.2, 0.25) is 0 Å². The molecule has 0 aromatic heterocycles. The van der Waals surface area contributed by atoms with Gasteiger partial charge in [0.15, 0.2) is 6.10 Å². The highest BCUT2D eigenvalue weighted by Gasteiger charge is 2.17. The van der Waals surface area contributed by atoms with Gasteiger partial charge in [0.1, 0.15) is 6.61 Å². The first kappa shape index (κ1) is 63.5. The van der Waals surface area contributed by atoms with Crippen LogP contribution >= 0.6 is 0 Å². The van der Waals surface area contributed by atoms with Crippen LogP contribution in [0.3, 0.4) is 0 Å². The lowest BCUT2D eigenvalue weighted by Gasteiger charge is -2.18. The van der Waals surface area contributed by atoms with E-state index in [0.717, 1.165) is 135 Å². The van der Waals surface area contributed by atoms with Crippen molar-refractivity contribution >= 4 is 11.9 Å². The van der Waals surface area contributed by atoms with Gasteiger partial charge in [-0.1, -0.05) is 217 Å². The monoisotopic (exact) mass is 935 g/mol. The Balaban J connectivity index is 4.51. The largest absolute Gasteiger partial charge is 0.462 e. The third kappa shape index (κ3) is 54.1. The van der Waals surface area contributed by atoms with E-state index < -0.39 is 6.10 Å². The van der Waals surface area contributed by atoms with Crippen molar-refractivity contribution in [2.75, 3.05) is 19.8 Å². The molecule has 0 aromatic rings. The summed E-state index contributed by atoms with van der Waals surface area (Å²) in [4.78, 5) is 25.5. The molecule has 0 bridgehead atoms. The number of hydrogen-bond acceptors (Lipinski definition) is 5. The second-order valence-electron chi connectivity index (χ2n) is 17.0. The molecule has 0 aliphatic heterocycles. The van der Waals surface area contributed by atoms with Crippen molar-refractivity contribution in [2.24, 2.45) is 0 Å². The SMILES string of the molecule is CC/C=C\C/C=C\C/C=C\C/C=C\C/C=C\C/C=C\CCC(=O)OCC(COCCCCC/C=C\C/C=C\C/C=C\C/C=C\CC)OC(=O)CCCCCCCCC/C=C\C/C=C\C/C=C\CC. The average molecular weight is 935 g/mol. The van der Waals surface area contributed by atoms with Gasteiger partial charge in [0.2, 0.25) is 0 Å². The van der Waals surface area contributed by atoms with Crippen LogP contribution < -0.4 is 0 Å². The van der Waals surface area contributed by atoms with Gasteiger partial charge in [0.05, 0.1) is 6.61 Å². The summed E-state index contributed by atoms with van der Waals surface area (Å²) in [5.41, 5.74) is 0. The van der Waals surface area contributed by atoms with Crippen molar-refractivity contribution < 1.29 is 23.8 Å². The molecule has 0 amide bonds. The van der Waals surface area contributed by atoms with E-state index in [1.54, 1.807) is 0 Å². The molecule has 0 rings (SSSR count). The maximum Gasteiger partial charge on any atom is 0.306 e. The summed E-state index contributed by atoms with van der Waals surface area (Å²) in [6, 6.07) is 0. The molecule has 0 N–H and O–H groups in total. The molecule has 0 fully saturated rings. The zero-order valence-corrected chi connectivity index (χ0v) is 43.6. The molecule has 1 unspecified atom stereocenters. The van der Waals surface area contributed by atoms with E-state index in [9.17, 15) is 9.59 Å². The molecule has 0 saturated carbocycles. The van der Waals surface area contributed by atoms with Gasteiger partial charge >= 0.3 is 11.9 Å². The molecular formula is C63H98O5. The number of carbonyl (C=O) groups excluding carboxylic acids is 2. The smallest absolute Gasteiger partial charge is 0.306 e. The molecular weight excluding hydrogens is 837 g/mol. The van der Waals surface area contributed by atoms with Crippen LogP contribution in [-0.2, 0) is 23.8 Å². The predicted molar refractivity (Wildman–Crippen MR) is 297 cm³/mol. The van der Waals surface area contributed by atoms with E-state index in [1.165, 1.54) is 25.7 Å². The third-order valence-electron chi connectivity index (χ3n) is 10.6. The van der Waals surface area contributed by atoms with Gasteiger partial charge in [-0.25, -0.2) is 0 Å². The Kier molecular flexibility index (Phi) is 53.1. The Hall–Kier alpha value is -4.48. The molecule has 380 valence electrons. The Morgan fingerprint density at radius 1 is 0.324 bits per heavy atom. The first-order valence-electron chi connectivity index (χ1n) is 27.0. The van der Waals surface area contributed by atoms with Crippen molar-refractivity contribution in [3.8, 4) is 0 Å². The minimum Gasteiger partial charge on any atom is -0.462 e. The average Bonchev–Trinajstić information content (AvgIpc) is 3.34. The highest BCUT2D eigenvalue weighted by molar-refractivity contribution is 5.70. The molecule has 5 nitrogen and oxygen atoms in total. The van der Waals surface area contributed by atoms with Crippen LogP contribution in [0.15, 0.2) is 158 Å². The standard InChI is InChI=1S/C63H98O5/c1-4-7-10-13-16-19-22-25-28-31-32-34-35-38-41-44-47-50-53-56-62(64)67-60-61(59-66-58-55-52-49-46-43-40-37-30-27-24-21-18-15-12-9-6-3)68-63(65)57-54-51-48-45-42-39-36-33-29-26-23-20-17-14-11-8-5-2/h7-12,16-21,25-30,32,34,38,40-41,43,47,50,61H,4-6,13-15,22-24,31,33,35-37,39,42,44-46,48-49,51-60H2,1-3H3/b10-7-,11-8-,12-9-,19-16-,20-17-,21-18-,28-25-,29-26-,30-27-,34-32-,41-38-,43-40-,50-47-. The van der Waals surface area contributed by atoms with Gasteiger partial charge in [0, 0.05) is 19.4 Å². The second-order valence-corrected chi connectivity index (χ2v) is 17.0. The fraction of sp³-hybridized carbons (Fsp3) is 0.556. The molecule has 1 atom stereocenters. The maximum atomic E-state index is 12.8.